The number of amides is 2. The van der Waals surface area contributed by atoms with E-state index >= 15 is 0 Å². The van der Waals surface area contributed by atoms with Crippen molar-refractivity contribution in [2.24, 2.45) is 0 Å². The lowest BCUT2D eigenvalue weighted by Gasteiger charge is -2.14. The van der Waals surface area contributed by atoms with Crippen molar-refractivity contribution in [3.8, 4) is 11.4 Å². The lowest BCUT2D eigenvalue weighted by atomic mass is 10.1. The van der Waals surface area contributed by atoms with Crippen LogP contribution in [0.5, 0.6) is 5.75 Å². The first-order valence-corrected chi connectivity index (χ1v) is 8.34. The second-order valence-electron chi connectivity index (χ2n) is 5.13. The number of aromatic nitrogens is 1. The van der Waals surface area contributed by atoms with Gasteiger partial charge in [0.25, 0.3) is 17.4 Å². The summed E-state index contributed by atoms with van der Waals surface area (Å²) in [5.41, 5.74) is 4.41. The van der Waals surface area contributed by atoms with E-state index in [4.69, 9.17) is 5.73 Å². The van der Waals surface area contributed by atoms with Gasteiger partial charge >= 0.3 is 0 Å². The van der Waals surface area contributed by atoms with Crippen LogP contribution in [-0.4, -0.2) is 37.0 Å². The smallest absolute Gasteiger partial charge is 0.262 e. The number of phenols is 1. The number of carbonyl (C=O) groups excluding carboxylic acids is 2. The molecule has 1 aliphatic rings. The molecule has 1 aromatic carbocycles. The fourth-order valence-electron chi connectivity index (χ4n) is 2.50. The van der Waals surface area contributed by atoms with Gasteiger partial charge in [-0.1, -0.05) is 0 Å². The molecular formula is C14H12N4O6S. The number of anilines is 1. The summed E-state index contributed by atoms with van der Waals surface area (Å²) in [6.07, 6.45) is 0. The molecule has 0 bridgehead atoms. The van der Waals surface area contributed by atoms with E-state index in [2.05, 4.69) is 4.72 Å². The number of aromatic hydroxyl groups is 1. The van der Waals surface area contributed by atoms with Gasteiger partial charge in [-0.2, -0.15) is 0 Å². The molecule has 2 aromatic rings. The third-order valence-corrected chi connectivity index (χ3v) is 5.13. The Labute approximate surface area is 140 Å². The molecule has 0 unspecified atom stereocenters. The zero-order valence-corrected chi connectivity index (χ0v) is 13.5. The number of sulfonamides is 1. The second-order valence-corrected chi connectivity index (χ2v) is 7.02. The maximum atomic E-state index is 12.4. The molecule has 11 heteroatoms. The van der Waals surface area contributed by atoms with E-state index in [-0.39, 0.29) is 27.5 Å². The predicted octanol–water partition coefficient (Wildman–Crippen LogP) is -1.08. The van der Waals surface area contributed by atoms with E-state index < -0.39 is 33.1 Å². The van der Waals surface area contributed by atoms with Gasteiger partial charge in [-0.15, -0.1) is 0 Å². The Balaban J connectivity index is 2.34. The van der Waals surface area contributed by atoms with Gasteiger partial charge in [-0.3, -0.25) is 24.3 Å². The van der Waals surface area contributed by atoms with Crippen LogP contribution in [0.15, 0.2) is 34.0 Å². The van der Waals surface area contributed by atoms with Gasteiger partial charge in [0.1, 0.15) is 11.6 Å². The number of hydrogen-bond donors (Lipinski definition) is 4. The fraction of sp³-hybridized carbons (Fsp3) is 0.0714. The molecule has 10 nitrogen and oxygen atoms in total. The molecule has 0 radical (unpaired) electrons. The molecule has 3 rings (SSSR count). The summed E-state index contributed by atoms with van der Waals surface area (Å²) in [4.78, 5) is 35.6. The van der Waals surface area contributed by atoms with Gasteiger partial charge in [0.15, 0.2) is 0 Å². The zero-order chi connectivity index (χ0) is 18.5. The molecule has 5 N–H and O–H groups in total. The largest absolute Gasteiger partial charge is 0.506 e. The maximum absolute atomic E-state index is 12.4. The van der Waals surface area contributed by atoms with Crippen molar-refractivity contribution in [3.05, 3.63) is 45.7 Å². The Morgan fingerprint density at radius 1 is 1.16 bits per heavy atom. The van der Waals surface area contributed by atoms with Crippen molar-refractivity contribution in [3.63, 3.8) is 0 Å². The van der Waals surface area contributed by atoms with E-state index in [1.54, 1.807) is 0 Å². The van der Waals surface area contributed by atoms with Crippen molar-refractivity contribution in [2.75, 3.05) is 12.8 Å². The van der Waals surface area contributed by atoms with Crippen molar-refractivity contribution in [2.45, 2.75) is 4.90 Å². The predicted molar refractivity (Wildman–Crippen MR) is 86.2 cm³/mol. The SMILES string of the molecule is CNS(=O)(=O)c1ccc(O)c(-n2c(N)c3c(cc2=O)C(=O)NC3=O)c1. The number of pyridine rings is 1. The Morgan fingerprint density at radius 3 is 2.48 bits per heavy atom. The van der Waals surface area contributed by atoms with Crippen LogP contribution in [0.3, 0.4) is 0 Å². The van der Waals surface area contributed by atoms with Gasteiger partial charge in [-0.25, -0.2) is 13.1 Å². The number of nitrogens with one attached hydrogen (secondary N) is 2. The minimum Gasteiger partial charge on any atom is -0.506 e. The van der Waals surface area contributed by atoms with E-state index in [0.29, 0.717) is 0 Å². The molecule has 0 aliphatic carbocycles. The standard InChI is InChI=1S/C14H12N4O6S/c1-16-25(23,24)6-2-3-9(19)8(4-6)18-10(20)5-7-11(12(18)15)14(22)17-13(7)21/h2-5,16,19H,15H2,1H3,(H,17,21,22). The van der Waals surface area contributed by atoms with Crippen molar-refractivity contribution in [1.82, 2.24) is 14.6 Å². The summed E-state index contributed by atoms with van der Waals surface area (Å²) >= 11 is 0. The molecule has 2 heterocycles. The Hall–Kier alpha value is -3.18. The number of nitrogens with zero attached hydrogens (tertiary/aromatic N) is 1. The average Bonchev–Trinajstić information content (AvgIpc) is 2.83. The molecule has 25 heavy (non-hydrogen) atoms. The Bertz CT molecular complexity index is 1100. The molecule has 0 atom stereocenters. The van der Waals surface area contributed by atoms with Gasteiger partial charge in [0.2, 0.25) is 10.0 Å². The summed E-state index contributed by atoms with van der Waals surface area (Å²) in [5.74, 6) is -2.37. The Kier molecular flexibility index (Phi) is 3.62. The maximum Gasteiger partial charge on any atom is 0.262 e. The lowest BCUT2D eigenvalue weighted by molar-refractivity contribution is 0.0880. The highest BCUT2D eigenvalue weighted by Gasteiger charge is 2.32. The summed E-state index contributed by atoms with van der Waals surface area (Å²) < 4.78 is 26.7. The summed E-state index contributed by atoms with van der Waals surface area (Å²) in [6.45, 7) is 0. The third kappa shape index (κ3) is 2.45. The summed E-state index contributed by atoms with van der Waals surface area (Å²) in [6, 6.07) is 4.13. The van der Waals surface area contributed by atoms with Gasteiger partial charge in [-0.05, 0) is 25.2 Å². The summed E-state index contributed by atoms with van der Waals surface area (Å²) in [5, 5.41) is 12.1. The van der Waals surface area contributed by atoms with Crippen LogP contribution >= 0.6 is 0 Å². The molecule has 0 spiro atoms. The molecule has 1 aromatic heterocycles. The molecule has 0 fully saturated rings. The molecule has 130 valence electrons. The zero-order valence-electron chi connectivity index (χ0n) is 12.7. The minimum atomic E-state index is -3.85. The number of imide groups is 1. The normalized spacial score (nSPS) is 13.6. The molecular weight excluding hydrogens is 352 g/mol. The number of phenolic OH excluding ortho intramolecular Hbond substituents is 1. The number of rotatable bonds is 3. The van der Waals surface area contributed by atoms with Gasteiger partial charge in [0, 0.05) is 6.07 Å². The molecule has 1 aliphatic heterocycles. The first-order valence-electron chi connectivity index (χ1n) is 6.85. The second kappa shape index (κ2) is 5.43. The first-order chi connectivity index (χ1) is 11.7. The number of nitrogen functional groups attached to an aromatic ring is 1. The molecule has 0 saturated heterocycles. The van der Waals surface area contributed by atoms with E-state index in [1.165, 1.54) is 7.05 Å². The quantitative estimate of drug-likeness (QED) is 0.504. The van der Waals surface area contributed by atoms with Crippen LogP contribution in [-0.2, 0) is 10.0 Å². The number of fused-ring (bicyclic) bond motifs is 1. The van der Waals surface area contributed by atoms with Crippen LogP contribution in [0, 0.1) is 0 Å². The van der Waals surface area contributed by atoms with Gasteiger partial charge < -0.3 is 10.8 Å². The van der Waals surface area contributed by atoms with Crippen LogP contribution in [0.1, 0.15) is 20.7 Å². The third-order valence-electron chi connectivity index (χ3n) is 3.72. The van der Waals surface area contributed by atoms with Crippen LogP contribution in [0.2, 0.25) is 0 Å². The van der Waals surface area contributed by atoms with E-state index in [0.717, 1.165) is 28.8 Å². The van der Waals surface area contributed by atoms with Crippen molar-refractivity contribution in [1.29, 1.82) is 0 Å². The average molecular weight is 364 g/mol. The monoisotopic (exact) mass is 364 g/mol. The highest BCUT2D eigenvalue weighted by molar-refractivity contribution is 7.89. The van der Waals surface area contributed by atoms with Gasteiger partial charge in [0.05, 0.1) is 21.7 Å². The number of nitrogens with two attached hydrogens (primary N) is 1. The van der Waals surface area contributed by atoms with E-state index in [9.17, 15) is 27.9 Å². The van der Waals surface area contributed by atoms with E-state index in [1.807, 2.05) is 5.32 Å². The van der Waals surface area contributed by atoms with Crippen LogP contribution < -0.4 is 21.3 Å². The number of hydrogen-bond acceptors (Lipinski definition) is 7. The minimum absolute atomic E-state index is 0.178. The highest BCUT2D eigenvalue weighted by Crippen LogP contribution is 2.29. The van der Waals surface area contributed by atoms with Crippen LogP contribution in [0.4, 0.5) is 5.82 Å². The topological polar surface area (TPSA) is 161 Å². The Morgan fingerprint density at radius 2 is 1.84 bits per heavy atom. The van der Waals surface area contributed by atoms with Crippen molar-refractivity contribution >= 4 is 27.7 Å². The van der Waals surface area contributed by atoms with Crippen LogP contribution in [0.25, 0.3) is 5.69 Å². The highest BCUT2D eigenvalue weighted by atomic mass is 32.2. The van der Waals surface area contributed by atoms with Crippen molar-refractivity contribution < 1.29 is 23.1 Å². The first kappa shape index (κ1) is 16.7. The molecule has 0 saturated carbocycles. The summed E-state index contributed by atoms with van der Waals surface area (Å²) in [7, 11) is -2.65. The number of carbonyl (C=O) groups is 2. The number of benzene rings is 1. The fourth-order valence-corrected chi connectivity index (χ4v) is 3.24. The molecule has 2 amide bonds. The lowest BCUT2D eigenvalue weighted by Crippen LogP contribution is -2.25.